The van der Waals surface area contributed by atoms with Gasteiger partial charge in [-0.05, 0) is 26.3 Å². The van der Waals surface area contributed by atoms with Crippen molar-refractivity contribution in [3.05, 3.63) is 0 Å². The zero-order chi connectivity index (χ0) is 11.9. The van der Waals surface area contributed by atoms with Gasteiger partial charge >= 0.3 is 5.97 Å². The summed E-state index contributed by atoms with van der Waals surface area (Å²) in [6, 6.07) is 0.0351. The molecule has 6 heteroatoms. The Kier molecular flexibility index (Phi) is 2.96. The maximum atomic E-state index is 11.3. The first kappa shape index (κ1) is 11.9. The van der Waals surface area contributed by atoms with Crippen molar-refractivity contribution in [3.8, 4) is 0 Å². The van der Waals surface area contributed by atoms with Crippen LogP contribution in [0.4, 0.5) is 0 Å². The Morgan fingerprint density at radius 2 is 2.00 bits per heavy atom. The highest BCUT2D eigenvalue weighted by atomic mass is 32.2. The maximum Gasteiger partial charge on any atom is 0.308 e. The number of carboxylic acids is 1. The van der Waals surface area contributed by atoms with Gasteiger partial charge in [0.15, 0.2) is 9.84 Å². The number of aliphatic carboxylic acids is 1. The SMILES string of the molecule is CN(C1CCS(=O)(=O)C1)C1CCC1C(=O)O. The number of rotatable bonds is 3. The van der Waals surface area contributed by atoms with Crippen LogP contribution in [0.3, 0.4) is 0 Å². The summed E-state index contributed by atoms with van der Waals surface area (Å²) in [5.41, 5.74) is 0. The van der Waals surface area contributed by atoms with Crippen LogP contribution in [0.2, 0.25) is 0 Å². The first-order chi connectivity index (χ1) is 7.41. The number of carbonyl (C=O) groups is 1. The normalized spacial score (nSPS) is 37.2. The standard InChI is InChI=1S/C10H17NO4S/c1-11(7-4-5-16(14,15)6-7)9-3-2-8(9)10(12)13/h7-9H,2-6H2,1H3,(H,12,13). The molecule has 2 fully saturated rings. The molecule has 1 heterocycles. The van der Waals surface area contributed by atoms with E-state index in [2.05, 4.69) is 0 Å². The van der Waals surface area contributed by atoms with E-state index in [1.807, 2.05) is 11.9 Å². The Morgan fingerprint density at radius 1 is 1.31 bits per heavy atom. The van der Waals surface area contributed by atoms with E-state index < -0.39 is 15.8 Å². The molecule has 0 spiro atoms. The molecule has 1 N–H and O–H groups in total. The molecule has 0 bridgehead atoms. The van der Waals surface area contributed by atoms with Crippen LogP contribution in [0.5, 0.6) is 0 Å². The molecule has 1 aliphatic heterocycles. The van der Waals surface area contributed by atoms with Crippen LogP contribution in [-0.4, -0.2) is 55.0 Å². The summed E-state index contributed by atoms with van der Waals surface area (Å²) in [5, 5.41) is 8.95. The fraction of sp³-hybridized carbons (Fsp3) is 0.900. The summed E-state index contributed by atoms with van der Waals surface area (Å²) in [6.07, 6.45) is 2.22. The molecule has 1 saturated carbocycles. The van der Waals surface area contributed by atoms with E-state index in [1.54, 1.807) is 0 Å². The van der Waals surface area contributed by atoms with E-state index in [0.717, 1.165) is 6.42 Å². The molecule has 1 aliphatic carbocycles. The van der Waals surface area contributed by atoms with Gasteiger partial charge in [-0.25, -0.2) is 8.42 Å². The molecule has 0 amide bonds. The van der Waals surface area contributed by atoms with Crippen molar-refractivity contribution in [2.24, 2.45) is 5.92 Å². The van der Waals surface area contributed by atoms with Crippen molar-refractivity contribution in [2.45, 2.75) is 31.3 Å². The zero-order valence-corrected chi connectivity index (χ0v) is 10.1. The molecule has 92 valence electrons. The molecule has 0 aromatic carbocycles. The van der Waals surface area contributed by atoms with Crippen LogP contribution >= 0.6 is 0 Å². The third-order valence-corrected chi connectivity index (χ3v) is 5.61. The van der Waals surface area contributed by atoms with Crippen molar-refractivity contribution in [3.63, 3.8) is 0 Å². The van der Waals surface area contributed by atoms with Crippen LogP contribution in [0.25, 0.3) is 0 Å². The minimum atomic E-state index is -2.88. The fourth-order valence-electron chi connectivity index (χ4n) is 2.63. The topological polar surface area (TPSA) is 74.7 Å². The monoisotopic (exact) mass is 247 g/mol. The summed E-state index contributed by atoms with van der Waals surface area (Å²) in [4.78, 5) is 12.9. The summed E-state index contributed by atoms with van der Waals surface area (Å²) in [7, 11) is -1.03. The Hall–Kier alpha value is -0.620. The third kappa shape index (κ3) is 2.08. The predicted molar refractivity (Wildman–Crippen MR) is 59.0 cm³/mol. The lowest BCUT2D eigenvalue weighted by Crippen LogP contribution is -2.52. The zero-order valence-electron chi connectivity index (χ0n) is 9.30. The van der Waals surface area contributed by atoms with Gasteiger partial charge in [0.1, 0.15) is 0 Å². The van der Waals surface area contributed by atoms with Gasteiger partial charge in [0.2, 0.25) is 0 Å². The highest BCUT2D eigenvalue weighted by molar-refractivity contribution is 7.91. The fourth-order valence-corrected chi connectivity index (χ4v) is 4.41. The average molecular weight is 247 g/mol. The van der Waals surface area contributed by atoms with Crippen LogP contribution in [0, 0.1) is 5.92 Å². The van der Waals surface area contributed by atoms with E-state index in [1.165, 1.54) is 0 Å². The van der Waals surface area contributed by atoms with Crippen molar-refractivity contribution in [1.29, 1.82) is 0 Å². The molecule has 5 nitrogen and oxygen atoms in total. The van der Waals surface area contributed by atoms with Gasteiger partial charge in [0, 0.05) is 12.1 Å². The van der Waals surface area contributed by atoms with Gasteiger partial charge < -0.3 is 5.11 Å². The second-order valence-electron chi connectivity index (χ2n) is 4.81. The lowest BCUT2D eigenvalue weighted by molar-refractivity contribution is -0.149. The van der Waals surface area contributed by atoms with Gasteiger partial charge in [-0.15, -0.1) is 0 Å². The summed E-state index contributed by atoms with van der Waals surface area (Å²) in [5.74, 6) is -0.643. The largest absolute Gasteiger partial charge is 0.481 e. The predicted octanol–water partition coefficient (Wildman–Crippen LogP) is -0.0315. The minimum absolute atomic E-state index is 0.0112. The minimum Gasteiger partial charge on any atom is -0.481 e. The Bertz CT molecular complexity index is 392. The van der Waals surface area contributed by atoms with E-state index in [-0.39, 0.29) is 29.5 Å². The van der Waals surface area contributed by atoms with Gasteiger partial charge in [-0.2, -0.15) is 0 Å². The molecule has 3 atom stereocenters. The van der Waals surface area contributed by atoms with E-state index in [9.17, 15) is 13.2 Å². The number of carboxylic acid groups (broad SMARTS) is 1. The van der Waals surface area contributed by atoms with E-state index >= 15 is 0 Å². The summed E-state index contributed by atoms with van der Waals surface area (Å²) >= 11 is 0. The molecular weight excluding hydrogens is 230 g/mol. The number of hydrogen-bond acceptors (Lipinski definition) is 4. The second-order valence-corrected chi connectivity index (χ2v) is 7.04. The first-order valence-corrected chi connectivity index (χ1v) is 7.38. The highest BCUT2D eigenvalue weighted by Gasteiger charge is 2.43. The maximum absolute atomic E-state index is 11.3. The Morgan fingerprint density at radius 3 is 2.38 bits per heavy atom. The number of nitrogens with zero attached hydrogens (tertiary/aromatic N) is 1. The Balaban J connectivity index is 1.99. The molecule has 0 aromatic rings. The summed E-state index contributed by atoms with van der Waals surface area (Å²) < 4.78 is 22.7. The highest BCUT2D eigenvalue weighted by Crippen LogP contribution is 2.34. The van der Waals surface area contributed by atoms with Crippen LogP contribution in [0.15, 0.2) is 0 Å². The lowest BCUT2D eigenvalue weighted by atomic mass is 9.78. The third-order valence-electron chi connectivity index (χ3n) is 3.86. The molecule has 16 heavy (non-hydrogen) atoms. The summed E-state index contributed by atoms with van der Waals surface area (Å²) in [6.45, 7) is 0. The van der Waals surface area contributed by atoms with Crippen molar-refractivity contribution in [1.82, 2.24) is 4.90 Å². The van der Waals surface area contributed by atoms with Crippen LogP contribution in [-0.2, 0) is 14.6 Å². The molecule has 0 aromatic heterocycles. The van der Waals surface area contributed by atoms with Gasteiger partial charge in [-0.3, -0.25) is 9.69 Å². The second kappa shape index (κ2) is 4.00. The van der Waals surface area contributed by atoms with E-state index in [0.29, 0.717) is 12.8 Å². The Labute approximate surface area is 95.4 Å². The molecule has 3 unspecified atom stereocenters. The molecule has 0 radical (unpaired) electrons. The smallest absolute Gasteiger partial charge is 0.308 e. The first-order valence-electron chi connectivity index (χ1n) is 5.56. The lowest BCUT2D eigenvalue weighted by Gasteiger charge is -2.42. The molecule has 2 rings (SSSR count). The van der Waals surface area contributed by atoms with Gasteiger partial charge in [0.25, 0.3) is 0 Å². The van der Waals surface area contributed by atoms with Crippen molar-refractivity contribution < 1.29 is 18.3 Å². The van der Waals surface area contributed by atoms with Crippen LogP contribution in [0.1, 0.15) is 19.3 Å². The van der Waals surface area contributed by atoms with Gasteiger partial charge in [0.05, 0.1) is 17.4 Å². The van der Waals surface area contributed by atoms with Crippen molar-refractivity contribution in [2.75, 3.05) is 18.6 Å². The number of sulfone groups is 1. The van der Waals surface area contributed by atoms with Gasteiger partial charge in [-0.1, -0.05) is 0 Å². The molecule has 1 saturated heterocycles. The van der Waals surface area contributed by atoms with Crippen LogP contribution < -0.4 is 0 Å². The number of hydrogen-bond donors (Lipinski definition) is 1. The average Bonchev–Trinajstić information content (AvgIpc) is 2.42. The quantitative estimate of drug-likeness (QED) is 0.758. The molecule has 2 aliphatic rings. The van der Waals surface area contributed by atoms with E-state index in [4.69, 9.17) is 5.11 Å². The molecular formula is C10H17NO4S. The van der Waals surface area contributed by atoms with Crippen molar-refractivity contribution >= 4 is 15.8 Å².